The molecule has 11 heteroatoms. The van der Waals surface area contributed by atoms with Gasteiger partial charge in [0.1, 0.15) is 18.3 Å². The van der Waals surface area contributed by atoms with E-state index in [0.717, 1.165) is 18.4 Å². The fraction of sp³-hybridized carbons (Fsp3) is 0.417. The van der Waals surface area contributed by atoms with Crippen LogP contribution in [0.1, 0.15) is 32.3 Å². The van der Waals surface area contributed by atoms with E-state index in [1.54, 1.807) is 31.2 Å². The van der Waals surface area contributed by atoms with Crippen molar-refractivity contribution in [2.75, 3.05) is 30.8 Å². The van der Waals surface area contributed by atoms with Crippen LogP contribution in [0.4, 0.5) is 14.5 Å². The van der Waals surface area contributed by atoms with Gasteiger partial charge >= 0.3 is 0 Å². The zero-order valence-corrected chi connectivity index (χ0v) is 21.1. The van der Waals surface area contributed by atoms with Crippen LogP contribution < -0.4 is 14.4 Å². The van der Waals surface area contributed by atoms with E-state index >= 15 is 0 Å². The highest BCUT2D eigenvalue weighted by Gasteiger charge is 2.32. The Kier molecular flexibility index (Phi) is 10.00. The molecule has 0 bridgehead atoms. The van der Waals surface area contributed by atoms with Crippen LogP contribution in [0.15, 0.2) is 42.5 Å². The summed E-state index contributed by atoms with van der Waals surface area (Å²) < 4.78 is 58.2. The SMILES string of the molecule is CCCNC(=O)[C@H](CC)N(Cc1cccc(OC)c1)C(=O)CN(c1ccc(F)c(F)c1)S(C)(=O)=O. The highest BCUT2D eigenvalue weighted by molar-refractivity contribution is 7.92. The van der Waals surface area contributed by atoms with Gasteiger partial charge < -0.3 is 15.0 Å². The molecule has 2 rings (SSSR count). The number of nitrogens with zero attached hydrogens (tertiary/aromatic N) is 2. The Bertz CT molecular complexity index is 1140. The van der Waals surface area contributed by atoms with Crippen LogP contribution in [-0.2, 0) is 26.2 Å². The van der Waals surface area contributed by atoms with Crippen molar-refractivity contribution in [1.82, 2.24) is 10.2 Å². The van der Waals surface area contributed by atoms with Crippen molar-refractivity contribution in [3.05, 3.63) is 59.7 Å². The summed E-state index contributed by atoms with van der Waals surface area (Å²) in [4.78, 5) is 27.7. The number of anilines is 1. The van der Waals surface area contributed by atoms with E-state index in [-0.39, 0.29) is 24.6 Å². The van der Waals surface area contributed by atoms with Gasteiger partial charge in [0.25, 0.3) is 0 Å². The quantitative estimate of drug-likeness (QED) is 0.473. The molecular weight excluding hydrogens is 480 g/mol. The lowest BCUT2D eigenvalue weighted by molar-refractivity contribution is -0.140. The van der Waals surface area contributed by atoms with E-state index in [1.807, 2.05) is 6.92 Å². The number of carbonyl (C=O) groups is 2. The number of amides is 2. The van der Waals surface area contributed by atoms with Crippen LogP contribution in [-0.4, -0.2) is 57.6 Å². The molecule has 0 aliphatic carbocycles. The second kappa shape index (κ2) is 12.5. The number of hydrogen-bond donors (Lipinski definition) is 1. The van der Waals surface area contributed by atoms with Crippen molar-refractivity contribution in [2.45, 2.75) is 39.3 Å². The normalized spacial score (nSPS) is 12.1. The van der Waals surface area contributed by atoms with Gasteiger partial charge in [0, 0.05) is 19.2 Å². The molecule has 8 nitrogen and oxygen atoms in total. The number of sulfonamides is 1. The van der Waals surface area contributed by atoms with Crippen LogP contribution in [0.3, 0.4) is 0 Å². The second-order valence-corrected chi connectivity index (χ2v) is 9.86. The number of benzene rings is 2. The lowest BCUT2D eigenvalue weighted by Crippen LogP contribution is -2.52. The summed E-state index contributed by atoms with van der Waals surface area (Å²) in [7, 11) is -2.55. The number of ether oxygens (including phenoxy) is 1. The van der Waals surface area contributed by atoms with Gasteiger partial charge in [0.15, 0.2) is 11.6 Å². The Morgan fingerprint density at radius 1 is 1.09 bits per heavy atom. The average Bonchev–Trinajstić information content (AvgIpc) is 2.82. The molecule has 0 heterocycles. The Morgan fingerprint density at radius 2 is 1.80 bits per heavy atom. The number of halogens is 2. The van der Waals surface area contributed by atoms with Crippen LogP contribution in [0.25, 0.3) is 0 Å². The van der Waals surface area contributed by atoms with Crippen molar-refractivity contribution in [2.24, 2.45) is 0 Å². The standard InChI is InChI=1S/C24H31F2N3O5S/c1-5-12-27-24(31)22(6-2)28(15-17-8-7-9-19(13-17)34-3)23(30)16-29(35(4,32)33)18-10-11-20(25)21(26)14-18/h7-11,13-14,22H,5-6,12,15-16H2,1-4H3,(H,27,31)/t22-/m0/s1. The molecule has 0 aliphatic rings. The van der Waals surface area contributed by atoms with Gasteiger partial charge in [-0.3, -0.25) is 13.9 Å². The first-order chi connectivity index (χ1) is 16.5. The predicted octanol–water partition coefficient (Wildman–Crippen LogP) is 3.07. The van der Waals surface area contributed by atoms with Crippen LogP contribution in [0.2, 0.25) is 0 Å². The first-order valence-electron chi connectivity index (χ1n) is 11.1. The minimum Gasteiger partial charge on any atom is -0.497 e. The van der Waals surface area contributed by atoms with Crippen LogP contribution in [0.5, 0.6) is 5.75 Å². The first-order valence-corrected chi connectivity index (χ1v) is 13.0. The molecule has 0 spiro atoms. The number of hydrogen-bond acceptors (Lipinski definition) is 5. The summed E-state index contributed by atoms with van der Waals surface area (Å²) in [5.41, 5.74) is 0.461. The van der Waals surface area contributed by atoms with Gasteiger partial charge in [-0.1, -0.05) is 26.0 Å². The summed E-state index contributed by atoms with van der Waals surface area (Å²) in [5, 5.41) is 2.78. The monoisotopic (exact) mass is 511 g/mol. The van der Waals surface area contributed by atoms with E-state index in [4.69, 9.17) is 4.74 Å². The van der Waals surface area contributed by atoms with E-state index in [9.17, 15) is 26.8 Å². The third-order valence-electron chi connectivity index (χ3n) is 5.29. The van der Waals surface area contributed by atoms with E-state index in [1.165, 1.54) is 12.0 Å². The third kappa shape index (κ3) is 7.64. The molecule has 1 atom stereocenters. The van der Waals surface area contributed by atoms with Gasteiger partial charge in [0.05, 0.1) is 19.1 Å². The molecule has 0 unspecified atom stereocenters. The maximum absolute atomic E-state index is 13.8. The Balaban J connectivity index is 2.45. The molecule has 0 fully saturated rings. The second-order valence-electron chi connectivity index (χ2n) is 7.96. The zero-order chi connectivity index (χ0) is 26.2. The van der Waals surface area contributed by atoms with Crippen molar-refractivity contribution >= 4 is 27.5 Å². The summed E-state index contributed by atoms with van der Waals surface area (Å²) in [6.07, 6.45) is 1.83. The summed E-state index contributed by atoms with van der Waals surface area (Å²) >= 11 is 0. The number of nitrogens with one attached hydrogen (secondary N) is 1. The molecule has 0 saturated heterocycles. The topological polar surface area (TPSA) is 96.0 Å². The summed E-state index contributed by atoms with van der Waals surface area (Å²) in [6, 6.07) is 8.62. The smallest absolute Gasteiger partial charge is 0.244 e. The maximum Gasteiger partial charge on any atom is 0.244 e. The van der Waals surface area contributed by atoms with Crippen molar-refractivity contribution in [1.29, 1.82) is 0 Å². The van der Waals surface area contributed by atoms with Gasteiger partial charge in [-0.05, 0) is 42.7 Å². The van der Waals surface area contributed by atoms with E-state index < -0.39 is 40.2 Å². The van der Waals surface area contributed by atoms with E-state index in [2.05, 4.69) is 5.32 Å². The summed E-state index contributed by atoms with van der Waals surface area (Å²) in [6.45, 7) is 3.35. The van der Waals surface area contributed by atoms with Gasteiger partial charge in [-0.15, -0.1) is 0 Å². The molecule has 2 aromatic carbocycles. The lowest BCUT2D eigenvalue weighted by Gasteiger charge is -2.33. The number of methoxy groups -OCH3 is 1. The van der Waals surface area contributed by atoms with Gasteiger partial charge in [-0.2, -0.15) is 0 Å². The van der Waals surface area contributed by atoms with Crippen molar-refractivity contribution < 1.29 is 31.5 Å². The van der Waals surface area contributed by atoms with Crippen molar-refractivity contribution in [3.63, 3.8) is 0 Å². The summed E-state index contributed by atoms with van der Waals surface area (Å²) in [5.74, 6) is -2.89. The first kappa shape index (κ1) is 28.0. The largest absolute Gasteiger partial charge is 0.497 e. The average molecular weight is 512 g/mol. The molecule has 0 saturated carbocycles. The Labute approximate surface area is 204 Å². The van der Waals surface area contributed by atoms with Gasteiger partial charge in [-0.25, -0.2) is 17.2 Å². The molecular formula is C24H31F2N3O5S. The van der Waals surface area contributed by atoms with E-state index in [0.29, 0.717) is 34.7 Å². The maximum atomic E-state index is 13.8. The lowest BCUT2D eigenvalue weighted by atomic mass is 10.1. The third-order valence-corrected chi connectivity index (χ3v) is 6.43. The van der Waals surface area contributed by atoms with Crippen molar-refractivity contribution in [3.8, 4) is 5.75 Å². The fourth-order valence-electron chi connectivity index (χ4n) is 3.51. The molecule has 2 amide bonds. The van der Waals surface area contributed by atoms with Crippen LogP contribution in [0, 0.1) is 11.6 Å². The zero-order valence-electron chi connectivity index (χ0n) is 20.3. The fourth-order valence-corrected chi connectivity index (χ4v) is 4.35. The molecule has 35 heavy (non-hydrogen) atoms. The van der Waals surface area contributed by atoms with Gasteiger partial charge in [0.2, 0.25) is 21.8 Å². The molecule has 0 aromatic heterocycles. The number of rotatable bonds is 12. The predicted molar refractivity (Wildman–Crippen MR) is 129 cm³/mol. The highest BCUT2D eigenvalue weighted by Crippen LogP contribution is 2.22. The van der Waals surface area contributed by atoms with Crippen LogP contribution >= 0.6 is 0 Å². The molecule has 0 aliphatic heterocycles. The highest BCUT2D eigenvalue weighted by atomic mass is 32.2. The Hall–Kier alpha value is -3.21. The minimum atomic E-state index is -4.05. The number of carbonyl (C=O) groups excluding carboxylic acids is 2. The molecule has 0 radical (unpaired) electrons. The molecule has 1 N–H and O–H groups in total. The Morgan fingerprint density at radius 3 is 2.37 bits per heavy atom. The molecule has 2 aromatic rings. The minimum absolute atomic E-state index is 0.00344. The molecule has 192 valence electrons.